The molecule has 0 saturated heterocycles. The Kier molecular flexibility index (Phi) is 7.01. The van der Waals surface area contributed by atoms with E-state index in [4.69, 9.17) is 0 Å². The van der Waals surface area contributed by atoms with Crippen molar-refractivity contribution in [1.82, 2.24) is 10.0 Å². The molecule has 1 atom stereocenters. The van der Waals surface area contributed by atoms with Gasteiger partial charge in [0.15, 0.2) is 0 Å². The minimum Gasteiger partial charge on any atom is -0.350 e. The van der Waals surface area contributed by atoms with Crippen molar-refractivity contribution in [2.75, 3.05) is 0 Å². The lowest BCUT2D eigenvalue weighted by Gasteiger charge is -2.29. The monoisotopic (exact) mass is 402 g/mol. The molecule has 0 spiro atoms. The highest BCUT2D eigenvalue weighted by Crippen LogP contribution is 2.28. The number of carbonyl (C=O) groups is 1. The van der Waals surface area contributed by atoms with Crippen LogP contribution in [0.15, 0.2) is 59.5 Å². The molecule has 0 heterocycles. The fourth-order valence-corrected chi connectivity index (χ4v) is 4.61. The number of sulfonamides is 1. The lowest BCUT2D eigenvalue weighted by molar-refractivity contribution is 0.0934. The van der Waals surface area contributed by atoms with E-state index in [-0.39, 0.29) is 28.3 Å². The highest BCUT2D eigenvalue weighted by Gasteiger charge is 2.24. The van der Waals surface area contributed by atoms with Gasteiger partial charge in [-0.25, -0.2) is 13.1 Å². The molecule has 6 heteroatoms. The van der Waals surface area contributed by atoms with E-state index in [2.05, 4.69) is 36.0 Å². The topological polar surface area (TPSA) is 75.3 Å². The maximum Gasteiger partial charge on any atom is 0.251 e. The van der Waals surface area contributed by atoms with Crippen molar-refractivity contribution in [2.45, 2.75) is 63.4 Å². The molecule has 2 aromatic rings. The van der Waals surface area contributed by atoms with Gasteiger partial charge in [0.1, 0.15) is 0 Å². The van der Waals surface area contributed by atoms with Gasteiger partial charge in [0.25, 0.3) is 5.91 Å². The molecule has 5 nitrogen and oxygen atoms in total. The average molecular weight is 403 g/mol. The summed E-state index contributed by atoms with van der Waals surface area (Å²) in [6.45, 7) is 9.77. The Morgan fingerprint density at radius 1 is 1.00 bits per heavy atom. The number of rotatable bonds is 8. The van der Waals surface area contributed by atoms with Crippen molar-refractivity contribution >= 4 is 15.9 Å². The summed E-state index contributed by atoms with van der Waals surface area (Å²) in [7, 11) is -3.64. The molecule has 2 rings (SSSR count). The van der Waals surface area contributed by atoms with Crippen molar-refractivity contribution in [3.8, 4) is 0 Å². The third kappa shape index (κ3) is 5.91. The molecule has 0 fully saturated rings. The molecule has 152 valence electrons. The smallest absolute Gasteiger partial charge is 0.251 e. The molecule has 0 saturated carbocycles. The van der Waals surface area contributed by atoms with Crippen LogP contribution >= 0.6 is 0 Å². The number of nitrogens with one attached hydrogen (secondary N) is 2. The first kappa shape index (κ1) is 22.1. The number of hydrogen-bond donors (Lipinski definition) is 2. The van der Waals surface area contributed by atoms with Crippen LogP contribution in [0.2, 0.25) is 0 Å². The van der Waals surface area contributed by atoms with Gasteiger partial charge in [-0.3, -0.25) is 4.79 Å². The zero-order chi connectivity index (χ0) is 20.9. The number of benzene rings is 2. The quantitative estimate of drug-likeness (QED) is 0.704. The summed E-state index contributed by atoms with van der Waals surface area (Å²) in [5.74, 6) is -0.280. The second kappa shape index (κ2) is 8.88. The Balaban J connectivity index is 2.09. The summed E-state index contributed by atoms with van der Waals surface area (Å²) in [6, 6.07) is 16.0. The normalized spacial score (nSPS) is 13.4. The van der Waals surface area contributed by atoms with E-state index in [1.807, 2.05) is 25.1 Å². The molecular weight excluding hydrogens is 372 g/mol. The predicted molar refractivity (Wildman–Crippen MR) is 113 cm³/mol. The third-order valence-corrected chi connectivity index (χ3v) is 6.20. The fraction of sp³-hybridized carbons (Fsp3) is 0.409. The minimum atomic E-state index is -3.64. The van der Waals surface area contributed by atoms with Gasteiger partial charge < -0.3 is 5.32 Å². The van der Waals surface area contributed by atoms with Crippen molar-refractivity contribution in [1.29, 1.82) is 0 Å². The number of amides is 1. The van der Waals surface area contributed by atoms with Gasteiger partial charge in [-0.05, 0) is 56.4 Å². The van der Waals surface area contributed by atoms with Crippen LogP contribution in [0.4, 0.5) is 0 Å². The summed E-state index contributed by atoms with van der Waals surface area (Å²) < 4.78 is 27.2. The SMILES string of the molecule is CC(C)NS(=O)(=O)c1cccc(C(=O)NC(C)CC(C)(C)c2ccccc2)c1. The zero-order valence-electron chi connectivity index (χ0n) is 17.2. The molecule has 0 aliphatic heterocycles. The summed E-state index contributed by atoms with van der Waals surface area (Å²) in [5, 5.41) is 2.99. The van der Waals surface area contributed by atoms with E-state index in [1.165, 1.54) is 17.7 Å². The molecule has 1 unspecified atom stereocenters. The first-order chi connectivity index (χ1) is 13.0. The molecule has 0 aromatic heterocycles. The Morgan fingerprint density at radius 3 is 2.25 bits per heavy atom. The molecule has 0 aliphatic rings. The van der Waals surface area contributed by atoms with Crippen molar-refractivity contribution in [3.05, 3.63) is 65.7 Å². The van der Waals surface area contributed by atoms with Crippen LogP contribution in [0, 0.1) is 0 Å². The fourth-order valence-electron chi connectivity index (χ4n) is 3.31. The number of carbonyl (C=O) groups excluding carboxylic acids is 1. The minimum absolute atomic E-state index is 0.0724. The van der Waals surface area contributed by atoms with Crippen molar-refractivity contribution in [3.63, 3.8) is 0 Å². The molecule has 0 radical (unpaired) electrons. The van der Waals surface area contributed by atoms with E-state index < -0.39 is 10.0 Å². The standard InChI is InChI=1S/C22H30N2O3S/c1-16(2)24-28(26,27)20-13-9-10-18(14-20)21(25)23-17(3)15-22(4,5)19-11-7-6-8-12-19/h6-14,16-17,24H,15H2,1-5H3,(H,23,25). The van der Waals surface area contributed by atoms with E-state index in [9.17, 15) is 13.2 Å². The Hall–Kier alpha value is -2.18. The van der Waals surface area contributed by atoms with Crippen LogP contribution in [0.5, 0.6) is 0 Å². The number of hydrogen-bond acceptors (Lipinski definition) is 3. The van der Waals surface area contributed by atoms with Crippen LogP contribution in [-0.4, -0.2) is 26.4 Å². The highest BCUT2D eigenvalue weighted by molar-refractivity contribution is 7.89. The molecule has 0 bridgehead atoms. The van der Waals surface area contributed by atoms with Crippen LogP contribution in [-0.2, 0) is 15.4 Å². The Bertz CT molecular complexity index is 906. The van der Waals surface area contributed by atoms with Gasteiger partial charge in [0.2, 0.25) is 10.0 Å². The average Bonchev–Trinajstić information content (AvgIpc) is 2.61. The van der Waals surface area contributed by atoms with E-state index >= 15 is 0 Å². The molecule has 2 N–H and O–H groups in total. The Labute approximate surface area is 168 Å². The second-order valence-electron chi connectivity index (χ2n) is 8.13. The second-order valence-corrected chi connectivity index (χ2v) is 9.85. The van der Waals surface area contributed by atoms with E-state index in [0.29, 0.717) is 5.56 Å². The van der Waals surface area contributed by atoms with Crippen LogP contribution in [0.25, 0.3) is 0 Å². The highest BCUT2D eigenvalue weighted by atomic mass is 32.2. The van der Waals surface area contributed by atoms with Crippen molar-refractivity contribution < 1.29 is 13.2 Å². The van der Waals surface area contributed by atoms with Gasteiger partial charge in [-0.15, -0.1) is 0 Å². The largest absolute Gasteiger partial charge is 0.350 e. The van der Waals surface area contributed by atoms with Gasteiger partial charge >= 0.3 is 0 Å². The van der Waals surface area contributed by atoms with Crippen LogP contribution in [0.3, 0.4) is 0 Å². The summed E-state index contributed by atoms with van der Waals surface area (Å²) in [6.07, 6.45) is 0.760. The zero-order valence-corrected chi connectivity index (χ0v) is 18.0. The third-order valence-electron chi connectivity index (χ3n) is 4.55. The predicted octanol–water partition coefficient (Wildman–Crippen LogP) is 3.86. The molecular formula is C22H30N2O3S. The van der Waals surface area contributed by atoms with Gasteiger partial charge in [-0.1, -0.05) is 50.2 Å². The molecule has 0 aliphatic carbocycles. The maximum absolute atomic E-state index is 12.7. The van der Waals surface area contributed by atoms with Gasteiger partial charge in [0.05, 0.1) is 4.90 Å². The van der Waals surface area contributed by atoms with Gasteiger partial charge in [-0.2, -0.15) is 0 Å². The van der Waals surface area contributed by atoms with E-state index in [1.54, 1.807) is 26.0 Å². The summed E-state index contributed by atoms with van der Waals surface area (Å²) in [5.41, 5.74) is 1.44. The van der Waals surface area contributed by atoms with Crippen LogP contribution < -0.4 is 10.0 Å². The van der Waals surface area contributed by atoms with E-state index in [0.717, 1.165) is 6.42 Å². The first-order valence-electron chi connectivity index (χ1n) is 9.50. The Morgan fingerprint density at radius 2 is 1.64 bits per heavy atom. The summed E-state index contributed by atoms with van der Waals surface area (Å²) in [4.78, 5) is 12.7. The molecule has 28 heavy (non-hydrogen) atoms. The van der Waals surface area contributed by atoms with Gasteiger partial charge in [0, 0.05) is 17.6 Å². The van der Waals surface area contributed by atoms with Crippen LogP contribution in [0.1, 0.15) is 57.0 Å². The van der Waals surface area contributed by atoms with Crippen molar-refractivity contribution in [2.24, 2.45) is 0 Å². The molecule has 2 aromatic carbocycles. The maximum atomic E-state index is 12.7. The first-order valence-corrected chi connectivity index (χ1v) is 11.0. The lowest BCUT2D eigenvalue weighted by atomic mass is 9.79. The summed E-state index contributed by atoms with van der Waals surface area (Å²) >= 11 is 0. The molecule has 1 amide bonds. The lowest BCUT2D eigenvalue weighted by Crippen LogP contribution is -2.37.